The first-order valence-corrected chi connectivity index (χ1v) is 5.18. The third-order valence-electron chi connectivity index (χ3n) is 2.25. The van der Waals surface area contributed by atoms with Crippen LogP contribution in [0.2, 0.25) is 0 Å². The highest BCUT2D eigenvalue weighted by Gasteiger charge is 2.23. The van der Waals surface area contributed by atoms with Crippen molar-refractivity contribution in [1.82, 2.24) is 0 Å². The van der Waals surface area contributed by atoms with Gasteiger partial charge in [0.15, 0.2) is 0 Å². The zero-order valence-corrected chi connectivity index (χ0v) is 9.37. The summed E-state index contributed by atoms with van der Waals surface area (Å²) < 4.78 is 11.5. The quantitative estimate of drug-likeness (QED) is 0.835. The Morgan fingerprint density at radius 3 is 3.07 bits per heavy atom. The highest BCUT2D eigenvalue weighted by atomic mass is 79.9. The summed E-state index contributed by atoms with van der Waals surface area (Å²) >= 11 is 3.40. The second-order valence-corrected chi connectivity index (χ2v) is 4.08. The van der Waals surface area contributed by atoms with Crippen molar-refractivity contribution in [1.29, 1.82) is 0 Å². The molecule has 1 unspecified atom stereocenters. The van der Waals surface area contributed by atoms with E-state index in [0.29, 0.717) is 13.0 Å². The molecule has 0 saturated heterocycles. The molecule has 0 bridgehead atoms. The second kappa shape index (κ2) is 3.79. The molecule has 0 aliphatic carbocycles. The minimum absolute atomic E-state index is 0.346. The molecule has 1 aromatic rings. The minimum atomic E-state index is -0.439. The summed E-state index contributed by atoms with van der Waals surface area (Å²) in [5.74, 6) is 1.55. The van der Waals surface area contributed by atoms with Crippen molar-refractivity contribution < 1.29 is 14.6 Å². The molecule has 1 aromatic carbocycles. The van der Waals surface area contributed by atoms with Gasteiger partial charge in [-0.1, -0.05) is 0 Å². The van der Waals surface area contributed by atoms with Crippen molar-refractivity contribution in [3.8, 4) is 11.5 Å². The monoisotopic (exact) mass is 258 g/mol. The van der Waals surface area contributed by atoms with E-state index in [-0.39, 0.29) is 0 Å². The first-order chi connectivity index (χ1) is 6.72. The lowest BCUT2D eigenvalue weighted by atomic mass is 10.0. The van der Waals surface area contributed by atoms with E-state index in [2.05, 4.69) is 15.9 Å². The van der Waals surface area contributed by atoms with Crippen LogP contribution in [0.3, 0.4) is 0 Å². The van der Waals surface area contributed by atoms with Gasteiger partial charge >= 0.3 is 0 Å². The van der Waals surface area contributed by atoms with Crippen LogP contribution in [0.15, 0.2) is 16.6 Å². The Morgan fingerprint density at radius 2 is 2.36 bits per heavy atom. The predicted molar refractivity (Wildman–Crippen MR) is 55.9 cm³/mol. The summed E-state index contributed by atoms with van der Waals surface area (Å²) in [4.78, 5) is 0. The molecule has 3 nitrogen and oxygen atoms in total. The zero-order valence-electron chi connectivity index (χ0n) is 7.79. The molecule has 1 atom stereocenters. The van der Waals surface area contributed by atoms with Crippen molar-refractivity contribution in [2.75, 3.05) is 13.7 Å². The van der Waals surface area contributed by atoms with Gasteiger partial charge in [0.05, 0.1) is 17.7 Å². The van der Waals surface area contributed by atoms with Crippen LogP contribution in [0, 0.1) is 0 Å². The zero-order chi connectivity index (χ0) is 10.1. The van der Waals surface area contributed by atoms with Crippen LogP contribution in [-0.2, 0) is 6.42 Å². The van der Waals surface area contributed by atoms with Gasteiger partial charge in [-0.3, -0.25) is 0 Å². The van der Waals surface area contributed by atoms with Gasteiger partial charge in [0, 0.05) is 12.0 Å². The molecular formula is C10H11BrO3. The van der Waals surface area contributed by atoms with Crippen molar-refractivity contribution in [3.05, 3.63) is 22.2 Å². The fourth-order valence-corrected chi connectivity index (χ4v) is 2.08. The molecule has 0 amide bonds. The smallest absolute Gasteiger partial charge is 0.140 e. The van der Waals surface area contributed by atoms with Crippen LogP contribution in [0.4, 0.5) is 0 Å². The maximum atomic E-state index is 9.47. The van der Waals surface area contributed by atoms with E-state index in [0.717, 1.165) is 21.5 Å². The third-order valence-corrected chi connectivity index (χ3v) is 2.87. The average molecular weight is 259 g/mol. The van der Waals surface area contributed by atoms with Crippen LogP contribution in [0.1, 0.15) is 5.56 Å². The van der Waals surface area contributed by atoms with Gasteiger partial charge in [-0.15, -0.1) is 0 Å². The van der Waals surface area contributed by atoms with Gasteiger partial charge in [-0.05, 0) is 28.1 Å². The molecule has 0 spiro atoms. The van der Waals surface area contributed by atoms with Crippen LogP contribution < -0.4 is 9.47 Å². The third kappa shape index (κ3) is 1.60. The maximum absolute atomic E-state index is 9.47. The molecule has 14 heavy (non-hydrogen) atoms. The van der Waals surface area contributed by atoms with Crippen molar-refractivity contribution in [2.45, 2.75) is 12.5 Å². The van der Waals surface area contributed by atoms with E-state index < -0.39 is 6.10 Å². The van der Waals surface area contributed by atoms with Crippen molar-refractivity contribution in [2.24, 2.45) is 0 Å². The molecule has 1 N–H and O–H groups in total. The Labute approximate surface area is 90.8 Å². The molecule has 76 valence electrons. The van der Waals surface area contributed by atoms with Crippen molar-refractivity contribution >= 4 is 15.9 Å². The first-order valence-electron chi connectivity index (χ1n) is 4.38. The van der Waals surface area contributed by atoms with E-state index in [9.17, 15) is 5.11 Å². The molecule has 4 heteroatoms. The predicted octanol–water partition coefficient (Wildman–Crippen LogP) is 1.75. The van der Waals surface area contributed by atoms with E-state index in [1.807, 2.05) is 12.1 Å². The number of rotatable bonds is 1. The summed E-state index contributed by atoms with van der Waals surface area (Å²) in [5, 5.41) is 9.47. The average Bonchev–Trinajstić information content (AvgIpc) is 2.18. The highest BCUT2D eigenvalue weighted by Crippen LogP contribution is 2.38. The maximum Gasteiger partial charge on any atom is 0.140 e. The SMILES string of the molecule is COc1ccc(Br)c2c1CC(O)CO2. The van der Waals surface area contributed by atoms with E-state index >= 15 is 0 Å². The largest absolute Gasteiger partial charge is 0.496 e. The number of hydrogen-bond donors (Lipinski definition) is 1. The molecule has 1 heterocycles. The fourth-order valence-electron chi connectivity index (χ4n) is 1.60. The molecule has 0 fully saturated rings. The topological polar surface area (TPSA) is 38.7 Å². The molecular weight excluding hydrogens is 248 g/mol. The number of hydrogen-bond acceptors (Lipinski definition) is 3. The summed E-state index contributed by atoms with van der Waals surface area (Å²) in [6.07, 6.45) is 0.142. The Balaban J connectivity index is 2.49. The van der Waals surface area contributed by atoms with Gasteiger partial charge in [0.1, 0.15) is 18.1 Å². The van der Waals surface area contributed by atoms with Crippen LogP contribution in [-0.4, -0.2) is 24.9 Å². The van der Waals surface area contributed by atoms with E-state index in [1.165, 1.54) is 0 Å². The standard InChI is InChI=1S/C10H11BrO3/c1-13-9-3-2-8(11)10-7(9)4-6(12)5-14-10/h2-3,6,12H,4-5H2,1H3. The van der Waals surface area contributed by atoms with Crippen LogP contribution in [0.5, 0.6) is 11.5 Å². The molecule has 1 aliphatic rings. The number of aliphatic hydroxyl groups excluding tert-OH is 1. The summed E-state index contributed by atoms with van der Waals surface area (Å²) in [7, 11) is 1.62. The number of benzene rings is 1. The first kappa shape index (κ1) is 9.80. The number of aliphatic hydroxyl groups is 1. The number of halogens is 1. The number of methoxy groups -OCH3 is 1. The Hall–Kier alpha value is -0.740. The number of ether oxygens (including phenoxy) is 2. The van der Waals surface area contributed by atoms with Crippen LogP contribution >= 0.6 is 15.9 Å². The van der Waals surface area contributed by atoms with Gasteiger partial charge in [0.25, 0.3) is 0 Å². The molecule has 2 rings (SSSR count). The van der Waals surface area contributed by atoms with Crippen LogP contribution in [0.25, 0.3) is 0 Å². The van der Waals surface area contributed by atoms with E-state index in [1.54, 1.807) is 7.11 Å². The lowest BCUT2D eigenvalue weighted by Gasteiger charge is -2.24. The van der Waals surface area contributed by atoms with E-state index in [4.69, 9.17) is 9.47 Å². The summed E-state index contributed by atoms with van der Waals surface area (Å²) in [5.41, 5.74) is 0.931. The summed E-state index contributed by atoms with van der Waals surface area (Å²) in [6.45, 7) is 0.346. The number of fused-ring (bicyclic) bond motifs is 1. The molecule has 0 aromatic heterocycles. The van der Waals surface area contributed by atoms with Gasteiger partial charge in [-0.25, -0.2) is 0 Å². The second-order valence-electron chi connectivity index (χ2n) is 3.23. The molecule has 1 aliphatic heterocycles. The fraction of sp³-hybridized carbons (Fsp3) is 0.400. The highest BCUT2D eigenvalue weighted by molar-refractivity contribution is 9.10. The summed E-state index contributed by atoms with van der Waals surface area (Å²) in [6, 6.07) is 3.75. The van der Waals surface area contributed by atoms with Crippen molar-refractivity contribution in [3.63, 3.8) is 0 Å². The molecule has 0 radical (unpaired) electrons. The van der Waals surface area contributed by atoms with Gasteiger partial charge < -0.3 is 14.6 Å². The Bertz CT molecular complexity index is 351. The Morgan fingerprint density at radius 1 is 1.57 bits per heavy atom. The van der Waals surface area contributed by atoms with Gasteiger partial charge in [-0.2, -0.15) is 0 Å². The normalized spacial score (nSPS) is 19.8. The van der Waals surface area contributed by atoms with Gasteiger partial charge in [0.2, 0.25) is 0 Å². The molecule has 0 saturated carbocycles. The minimum Gasteiger partial charge on any atom is -0.496 e. The Kier molecular flexibility index (Phi) is 2.65. The lowest BCUT2D eigenvalue weighted by molar-refractivity contribution is 0.0903. The lowest BCUT2D eigenvalue weighted by Crippen LogP contribution is -2.26.